The fourth-order valence-corrected chi connectivity index (χ4v) is 3.52. The number of imide groups is 1. The molecule has 0 spiro atoms. The normalized spacial score (nSPS) is 22.5. The first kappa shape index (κ1) is 19.0. The van der Waals surface area contributed by atoms with Gasteiger partial charge in [0.15, 0.2) is 0 Å². The number of amides is 4. The van der Waals surface area contributed by atoms with Crippen molar-refractivity contribution in [3.05, 3.63) is 23.8 Å². The van der Waals surface area contributed by atoms with Crippen LogP contribution < -0.4 is 20.3 Å². The van der Waals surface area contributed by atoms with Crippen LogP contribution in [0, 0.1) is 6.92 Å². The molecule has 1 unspecified atom stereocenters. The van der Waals surface area contributed by atoms with E-state index in [1.807, 2.05) is 23.1 Å². The van der Waals surface area contributed by atoms with Crippen LogP contribution in [0.2, 0.25) is 0 Å². The van der Waals surface area contributed by atoms with Gasteiger partial charge < -0.3 is 19.9 Å². The van der Waals surface area contributed by atoms with Crippen molar-refractivity contribution in [3.63, 3.8) is 0 Å². The zero-order valence-electron chi connectivity index (χ0n) is 16.0. The third kappa shape index (κ3) is 3.99. The van der Waals surface area contributed by atoms with Crippen LogP contribution in [-0.4, -0.2) is 61.6 Å². The molecule has 2 N–H and O–H groups in total. The van der Waals surface area contributed by atoms with Crippen molar-refractivity contribution in [1.29, 1.82) is 0 Å². The topological polar surface area (TPSA) is 91.0 Å². The zero-order valence-corrected chi connectivity index (χ0v) is 16.0. The largest absolute Gasteiger partial charge is 0.497 e. The molecule has 2 aliphatic heterocycles. The Morgan fingerprint density at radius 1 is 1.22 bits per heavy atom. The second-order valence-electron chi connectivity index (χ2n) is 7.26. The molecule has 0 radical (unpaired) electrons. The van der Waals surface area contributed by atoms with Crippen molar-refractivity contribution in [2.75, 3.05) is 38.2 Å². The number of hydrogen-bond acceptors (Lipinski definition) is 5. The fraction of sp³-hybridized carbons (Fsp3) is 0.526. The summed E-state index contributed by atoms with van der Waals surface area (Å²) in [5, 5.41) is 4.81. The van der Waals surface area contributed by atoms with Gasteiger partial charge in [-0.25, -0.2) is 4.79 Å². The van der Waals surface area contributed by atoms with Crippen LogP contribution in [0.15, 0.2) is 18.2 Å². The molecule has 4 amide bonds. The summed E-state index contributed by atoms with van der Waals surface area (Å²) in [5.74, 6) is 0.449. The second kappa shape index (κ2) is 7.46. The van der Waals surface area contributed by atoms with Crippen molar-refractivity contribution in [3.8, 4) is 5.75 Å². The van der Waals surface area contributed by atoms with E-state index in [-0.39, 0.29) is 18.2 Å². The first-order valence-corrected chi connectivity index (χ1v) is 9.13. The number of methoxy groups -OCH3 is 1. The summed E-state index contributed by atoms with van der Waals surface area (Å²) in [6, 6.07) is 5.50. The average molecular weight is 374 g/mol. The van der Waals surface area contributed by atoms with E-state index < -0.39 is 11.6 Å². The minimum absolute atomic E-state index is 0.00666. The molecule has 2 heterocycles. The molecule has 3 rings (SSSR count). The van der Waals surface area contributed by atoms with Gasteiger partial charge in [0.1, 0.15) is 11.3 Å². The summed E-state index contributed by atoms with van der Waals surface area (Å²) >= 11 is 0. The summed E-state index contributed by atoms with van der Waals surface area (Å²) in [4.78, 5) is 39.8. The van der Waals surface area contributed by atoms with E-state index in [2.05, 4.69) is 22.5 Å². The minimum Gasteiger partial charge on any atom is -0.497 e. The van der Waals surface area contributed by atoms with Gasteiger partial charge in [-0.15, -0.1) is 0 Å². The van der Waals surface area contributed by atoms with Gasteiger partial charge in [-0.05, 0) is 31.9 Å². The van der Waals surface area contributed by atoms with Gasteiger partial charge in [-0.2, -0.15) is 0 Å². The molecule has 146 valence electrons. The molecule has 2 fully saturated rings. The highest BCUT2D eigenvalue weighted by molar-refractivity contribution is 6.06. The van der Waals surface area contributed by atoms with Crippen molar-refractivity contribution in [2.45, 2.75) is 32.2 Å². The SMILES string of the molecule is COc1ccc(C)c(N2CCN(C(=O)CCC3(C)NC(=O)NC3=O)CC2)c1. The van der Waals surface area contributed by atoms with E-state index in [0.717, 1.165) is 24.5 Å². The third-order valence-corrected chi connectivity index (χ3v) is 5.35. The Morgan fingerprint density at radius 2 is 1.93 bits per heavy atom. The van der Waals surface area contributed by atoms with Crippen LogP contribution in [-0.2, 0) is 9.59 Å². The summed E-state index contributed by atoms with van der Waals surface area (Å²) in [6.45, 7) is 6.45. The van der Waals surface area contributed by atoms with Crippen molar-refractivity contribution < 1.29 is 19.1 Å². The zero-order chi connectivity index (χ0) is 19.6. The lowest BCUT2D eigenvalue weighted by Gasteiger charge is -2.37. The molecule has 1 aromatic carbocycles. The smallest absolute Gasteiger partial charge is 0.322 e. The van der Waals surface area contributed by atoms with Gasteiger partial charge in [0.25, 0.3) is 5.91 Å². The molecule has 2 saturated heterocycles. The number of rotatable bonds is 5. The molecule has 0 aromatic heterocycles. The Labute approximate surface area is 158 Å². The number of carbonyl (C=O) groups is 3. The van der Waals surface area contributed by atoms with Crippen LogP contribution in [0.3, 0.4) is 0 Å². The second-order valence-corrected chi connectivity index (χ2v) is 7.26. The van der Waals surface area contributed by atoms with Crippen molar-refractivity contribution in [1.82, 2.24) is 15.5 Å². The number of benzene rings is 1. The average Bonchev–Trinajstić information content (AvgIpc) is 2.92. The summed E-state index contributed by atoms with van der Waals surface area (Å²) < 4.78 is 5.31. The predicted molar refractivity (Wildman–Crippen MR) is 101 cm³/mol. The van der Waals surface area contributed by atoms with E-state index in [1.165, 1.54) is 5.56 Å². The van der Waals surface area contributed by atoms with Gasteiger partial charge in [0.2, 0.25) is 5.91 Å². The maximum absolute atomic E-state index is 12.5. The van der Waals surface area contributed by atoms with E-state index in [9.17, 15) is 14.4 Å². The van der Waals surface area contributed by atoms with Crippen LogP contribution in [0.25, 0.3) is 0 Å². The molecule has 27 heavy (non-hydrogen) atoms. The Kier molecular flexibility index (Phi) is 5.25. The summed E-state index contributed by atoms with van der Waals surface area (Å²) in [5.41, 5.74) is 1.29. The molecule has 1 atom stereocenters. The highest BCUT2D eigenvalue weighted by atomic mass is 16.5. The predicted octanol–water partition coefficient (Wildman–Crippen LogP) is 1.03. The monoisotopic (exact) mass is 374 g/mol. The molecule has 8 heteroatoms. The number of urea groups is 1. The van der Waals surface area contributed by atoms with Gasteiger partial charge in [0, 0.05) is 44.4 Å². The lowest BCUT2D eigenvalue weighted by atomic mass is 9.96. The summed E-state index contributed by atoms with van der Waals surface area (Å²) in [6.07, 6.45) is 0.515. The maximum atomic E-state index is 12.5. The summed E-state index contributed by atoms with van der Waals surface area (Å²) in [7, 11) is 1.65. The van der Waals surface area contributed by atoms with Gasteiger partial charge in [0.05, 0.1) is 7.11 Å². The molecular formula is C19H26N4O4. The highest BCUT2D eigenvalue weighted by Crippen LogP contribution is 2.27. The fourth-order valence-electron chi connectivity index (χ4n) is 3.52. The molecular weight excluding hydrogens is 348 g/mol. The number of nitrogens with one attached hydrogen (secondary N) is 2. The lowest BCUT2D eigenvalue weighted by Crippen LogP contribution is -2.50. The standard InChI is InChI=1S/C19H26N4O4/c1-13-4-5-14(27-3)12-15(13)22-8-10-23(11-9-22)16(24)6-7-19(2)17(25)20-18(26)21-19/h4-5,12H,6-11H2,1-3H3,(H2,20,21,25,26). The van der Waals surface area contributed by atoms with E-state index in [1.54, 1.807) is 14.0 Å². The molecule has 1 aromatic rings. The highest BCUT2D eigenvalue weighted by Gasteiger charge is 2.42. The molecule has 0 saturated carbocycles. The quantitative estimate of drug-likeness (QED) is 0.752. The van der Waals surface area contributed by atoms with Gasteiger partial charge in [-0.3, -0.25) is 14.9 Å². The van der Waals surface area contributed by atoms with E-state index >= 15 is 0 Å². The Balaban J connectivity index is 1.54. The Morgan fingerprint density at radius 3 is 2.52 bits per heavy atom. The number of aryl methyl sites for hydroxylation is 1. The number of nitrogens with zero attached hydrogens (tertiary/aromatic N) is 2. The molecule has 0 aliphatic carbocycles. The lowest BCUT2D eigenvalue weighted by molar-refractivity contribution is -0.132. The van der Waals surface area contributed by atoms with E-state index in [4.69, 9.17) is 4.74 Å². The maximum Gasteiger partial charge on any atom is 0.322 e. The van der Waals surface area contributed by atoms with Crippen LogP contribution in [0.4, 0.5) is 10.5 Å². The number of ether oxygens (including phenoxy) is 1. The first-order chi connectivity index (χ1) is 12.8. The van der Waals surface area contributed by atoms with Gasteiger partial charge >= 0.3 is 6.03 Å². The number of hydrogen-bond donors (Lipinski definition) is 2. The van der Waals surface area contributed by atoms with E-state index in [0.29, 0.717) is 19.5 Å². The molecule has 2 aliphatic rings. The first-order valence-electron chi connectivity index (χ1n) is 9.13. The van der Waals surface area contributed by atoms with Crippen molar-refractivity contribution >= 4 is 23.5 Å². The third-order valence-electron chi connectivity index (χ3n) is 5.35. The Hall–Kier alpha value is -2.77. The number of piperazine rings is 1. The number of anilines is 1. The number of carbonyl (C=O) groups excluding carboxylic acids is 3. The van der Waals surface area contributed by atoms with Crippen LogP contribution in [0.5, 0.6) is 5.75 Å². The Bertz CT molecular complexity index is 758. The van der Waals surface area contributed by atoms with Crippen LogP contribution in [0.1, 0.15) is 25.3 Å². The van der Waals surface area contributed by atoms with Crippen LogP contribution >= 0.6 is 0 Å². The molecule has 8 nitrogen and oxygen atoms in total. The van der Waals surface area contributed by atoms with Gasteiger partial charge in [-0.1, -0.05) is 6.07 Å². The van der Waals surface area contributed by atoms with Crippen molar-refractivity contribution in [2.24, 2.45) is 0 Å². The minimum atomic E-state index is -1.01. The molecule has 0 bridgehead atoms.